The van der Waals surface area contributed by atoms with Gasteiger partial charge in [-0.05, 0) is 69.4 Å². The molecule has 1 unspecified atom stereocenters. The monoisotopic (exact) mass is 642 g/mol. The van der Waals surface area contributed by atoms with E-state index in [1.165, 1.54) is 6.42 Å². The summed E-state index contributed by atoms with van der Waals surface area (Å²) in [4.78, 5) is 43.9. The van der Waals surface area contributed by atoms with E-state index in [2.05, 4.69) is 20.9 Å². The van der Waals surface area contributed by atoms with Gasteiger partial charge < -0.3 is 35.9 Å². The lowest BCUT2D eigenvalue weighted by atomic mass is 9.84. The molecule has 2 aromatic rings. The van der Waals surface area contributed by atoms with Gasteiger partial charge in [0.1, 0.15) is 23.8 Å². The highest BCUT2D eigenvalue weighted by Crippen LogP contribution is 2.28. The van der Waals surface area contributed by atoms with Crippen LogP contribution in [0.15, 0.2) is 30.5 Å². The maximum atomic E-state index is 14.0. The first-order valence-corrected chi connectivity index (χ1v) is 17.2. The van der Waals surface area contributed by atoms with E-state index in [9.17, 15) is 24.6 Å². The van der Waals surface area contributed by atoms with Gasteiger partial charge in [0.25, 0.3) is 0 Å². The van der Waals surface area contributed by atoms with Crippen LogP contribution < -0.4 is 16.0 Å². The molecule has 10 heteroatoms. The molecule has 1 aromatic carbocycles. The van der Waals surface area contributed by atoms with Crippen LogP contribution in [0.4, 0.5) is 4.79 Å². The molecule has 1 saturated carbocycles. The summed E-state index contributed by atoms with van der Waals surface area (Å²) in [5.74, 6) is -0.706. The number of rotatable bonds is 15. The molecular formula is C36H58N4O6. The van der Waals surface area contributed by atoms with E-state index in [1.54, 1.807) is 20.8 Å². The zero-order chi connectivity index (χ0) is 34.0. The van der Waals surface area contributed by atoms with Gasteiger partial charge in [-0.3, -0.25) is 9.59 Å². The molecule has 1 fully saturated rings. The Balaban J connectivity index is 1.84. The Kier molecular flexibility index (Phi) is 13.9. The highest BCUT2D eigenvalue weighted by atomic mass is 16.6. The van der Waals surface area contributed by atoms with Gasteiger partial charge in [0.15, 0.2) is 0 Å². The summed E-state index contributed by atoms with van der Waals surface area (Å²) in [6.07, 6.45) is 5.93. The Morgan fingerprint density at radius 1 is 0.978 bits per heavy atom. The molecule has 46 heavy (non-hydrogen) atoms. The maximum absolute atomic E-state index is 14.0. The lowest BCUT2D eigenvalue weighted by Crippen LogP contribution is -2.59. The lowest BCUT2D eigenvalue weighted by molar-refractivity contribution is -0.132. The Bertz CT molecular complexity index is 1260. The first kappa shape index (κ1) is 37.3. The van der Waals surface area contributed by atoms with Crippen molar-refractivity contribution in [2.75, 3.05) is 0 Å². The van der Waals surface area contributed by atoms with Gasteiger partial charge in [0, 0.05) is 17.1 Å². The second-order valence-electron chi connectivity index (χ2n) is 14.7. The number of carbonyl (C=O) groups excluding carboxylic acids is 3. The van der Waals surface area contributed by atoms with Crippen molar-refractivity contribution >= 4 is 28.8 Å². The minimum Gasteiger partial charge on any atom is -0.444 e. The Morgan fingerprint density at radius 2 is 1.65 bits per heavy atom. The van der Waals surface area contributed by atoms with Gasteiger partial charge in [-0.1, -0.05) is 84.4 Å². The van der Waals surface area contributed by atoms with Crippen molar-refractivity contribution in [2.45, 2.75) is 142 Å². The number of aliphatic hydroxyl groups is 2. The third kappa shape index (κ3) is 11.3. The molecule has 0 saturated heterocycles. The molecule has 0 radical (unpaired) electrons. The van der Waals surface area contributed by atoms with Crippen LogP contribution in [0.2, 0.25) is 0 Å². The van der Waals surface area contributed by atoms with E-state index in [0.717, 1.165) is 42.1 Å². The van der Waals surface area contributed by atoms with Crippen molar-refractivity contribution in [1.82, 2.24) is 20.9 Å². The predicted molar refractivity (Wildman–Crippen MR) is 181 cm³/mol. The molecule has 6 atom stereocenters. The molecule has 10 nitrogen and oxygen atoms in total. The molecule has 1 aromatic heterocycles. The number of H-pyrrole nitrogens is 1. The number of para-hydroxylation sites is 1. The molecule has 0 bridgehead atoms. The van der Waals surface area contributed by atoms with Crippen LogP contribution in [0, 0.1) is 17.8 Å². The highest BCUT2D eigenvalue weighted by Gasteiger charge is 2.35. The summed E-state index contributed by atoms with van der Waals surface area (Å²) in [6, 6.07) is 5.19. The number of amides is 3. The fourth-order valence-electron chi connectivity index (χ4n) is 6.35. The Labute approximate surface area is 274 Å². The van der Waals surface area contributed by atoms with Gasteiger partial charge in [0.05, 0.1) is 12.1 Å². The number of aromatic amines is 1. The molecule has 0 aliphatic heterocycles. The fraction of sp³-hybridized carbons (Fsp3) is 0.694. The second kappa shape index (κ2) is 17.2. The number of fused-ring (bicyclic) bond motifs is 1. The van der Waals surface area contributed by atoms with Crippen LogP contribution >= 0.6 is 0 Å². The molecule has 3 amide bonds. The summed E-state index contributed by atoms with van der Waals surface area (Å²) >= 11 is 0. The fourth-order valence-corrected chi connectivity index (χ4v) is 6.35. The molecule has 258 valence electrons. The topological polar surface area (TPSA) is 153 Å². The summed E-state index contributed by atoms with van der Waals surface area (Å²) in [5, 5.41) is 32.0. The van der Waals surface area contributed by atoms with Gasteiger partial charge in [-0.15, -0.1) is 0 Å². The molecular weight excluding hydrogens is 584 g/mol. The molecule has 1 aliphatic rings. The highest BCUT2D eigenvalue weighted by molar-refractivity contribution is 5.91. The van der Waals surface area contributed by atoms with Gasteiger partial charge in [-0.2, -0.15) is 0 Å². The van der Waals surface area contributed by atoms with E-state index in [4.69, 9.17) is 4.74 Å². The number of benzene rings is 1. The van der Waals surface area contributed by atoms with Crippen LogP contribution in [-0.4, -0.2) is 69.0 Å². The number of alkyl carbamates (subject to hydrolysis) is 1. The van der Waals surface area contributed by atoms with Crippen molar-refractivity contribution < 1.29 is 29.3 Å². The molecule has 6 N–H and O–H groups in total. The Hall–Kier alpha value is -3.11. The molecule has 1 heterocycles. The number of ether oxygens (including phenoxy) is 1. The quantitative estimate of drug-likeness (QED) is 0.154. The average molecular weight is 643 g/mol. The lowest BCUT2D eigenvalue weighted by Gasteiger charge is -2.33. The van der Waals surface area contributed by atoms with Crippen LogP contribution in [0.1, 0.15) is 105 Å². The van der Waals surface area contributed by atoms with Crippen molar-refractivity contribution in [3.05, 3.63) is 36.0 Å². The number of nitrogens with one attached hydrogen (secondary N) is 4. The van der Waals surface area contributed by atoms with Gasteiger partial charge in [0.2, 0.25) is 11.8 Å². The van der Waals surface area contributed by atoms with Crippen LogP contribution in [0.5, 0.6) is 0 Å². The second-order valence-corrected chi connectivity index (χ2v) is 14.7. The smallest absolute Gasteiger partial charge is 0.408 e. The van der Waals surface area contributed by atoms with Crippen molar-refractivity contribution in [3.63, 3.8) is 0 Å². The van der Waals surface area contributed by atoms with Crippen molar-refractivity contribution in [1.29, 1.82) is 0 Å². The van der Waals surface area contributed by atoms with Gasteiger partial charge >= 0.3 is 6.09 Å². The van der Waals surface area contributed by atoms with Crippen LogP contribution in [0.3, 0.4) is 0 Å². The third-order valence-corrected chi connectivity index (χ3v) is 9.06. The predicted octanol–water partition coefficient (Wildman–Crippen LogP) is 5.36. The summed E-state index contributed by atoms with van der Waals surface area (Å²) in [7, 11) is 0. The van der Waals surface area contributed by atoms with Crippen LogP contribution in [0.25, 0.3) is 10.9 Å². The van der Waals surface area contributed by atoms with Gasteiger partial charge in [-0.25, -0.2) is 4.79 Å². The zero-order valence-corrected chi connectivity index (χ0v) is 28.9. The minimum atomic E-state index is -1.24. The SMILES string of the molecule is CCC(C)[C@H](NC(=O)[C@H](CC1CCCCC1)NC(=O)OC(C)(C)C)C(=O)N[C@@H](Cc1c[nH]c2ccccc12)[C@@H](O)[C@@H](O)CC(C)C. The number of hydrogen-bond acceptors (Lipinski definition) is 6. The summed E-state index contributed by atoms with van der Waals surface area (Å²) < 4.78 is 5.47. The summed E-state index contributed by atoms with van der Waals surface area (Å²) in [5.41, 5.74) is 1.11. The standard InChI is InChI=1S/C36H58N4O6/c1-8-23(4)31(40-33(43)29(19-24-14-10-9-11-15-24)39-35(45)46-36(5,6)7)34(44)38-28(32(42)30(41)18-22(2)3)20-25-21-37-27-17-13-12-16-26(25)27/h12-13,16-17,21-24,28-32,37,41-42H,8-11,14-15,18-20H2,1-7H3,(H,38,44)(H,39,45)(H,40,43)/t23?,28-,29-,30-,31-,32+/m0/s1. The zero-order valence-electron chi connectivity index (χ0n) is 28.9. The van der Waals surface area contributed by atoms with E-state index >= 15 is 0 Å². The van der Waals surface area contributed by atoms with E-state index in [-0.39, 0.29) is 24.2 Å². The average Bonchev–Trinajstić information content (AvgIpc) is 3.40. The molecule has 1 aliphatic carbocycles. The largest absolute Gasteiger partial charge is 0.444 e. The van der Waals surface area contributed by atoms with Crippen molar-refractivity contribution in [2.24, 2.45) is 17.8 Å². The molecule has 3 rings (SSSR count). The minimum absolute atomic E-state index is 0.139. The normalized spacial score (nSPS) is 18.3. The van der Waals surface area contributed by atoms with Crippen LogP contribution in [-0.2, 0) is 20.7 Å². The number of hydrogen-bond donors (Lipinski definition) is 6. The first-order chi connectivity index (χ1) is 21.7. The van der Waals surface area contributed by atoms with E-state index in [1.807, 2.05) is 58.2 Å². The maximum Gasteiger partial charge on any atom is 0.408 e. The molecule has 0 spiro atoms. The Morgan fingerprint density at radius 3 is 2.28 bits per heavy atom. The van der Waals surface area contributed by atoms with E-state index in [0.29, 0.717) is 19.3 Å². The third-order valence-electron chi connectivity index (χ3n) is 9.06. The van der Waals surface area contributed by atoms with Crippen molar-refractivity contribution in [3.8, 4) is 0 Å². The van der Waals surface area contributed by atoms with E-state index < -0.39 is 53.8 Å². The number of aromatic nitrogens is 1. The number of aliphatic hydroxyl groups excluding tert-OH is 2. The first-order valence-electron chi connectivity index (χ1n) is 17.2. The summed E-state index contributed by atoms with van der Waals surface area (Å²) in [6.45, 7) is 13.1. The number of carbonyl (C=O) groups is 3.